The van der Waals surface area contributed by atoms with Gasteiger partial charge in [0, 0.05) is 6.42 Å². The Labute approximate surface area is 168 Å². The molecule has 0 bridgehead atoms. The summed E-state index contributed by atoms with van der Waals surface area (Å²) in [5.41, 5.74) is 0.893. The lowest BCUT2D eigenvalue weighted by molar-refractivity contribution is -0.916. The Balaban J connectivity index is 1.85. The Kier molecular flexibility index (Phi) is 6.28. The van der Waals surface area contributed by atoms with E-state index in [0.717, 1.165) is 28.7 Å². The molecule has 3 heteroatoms. The third-order valence-electron chi connectivity index (χ3n) is 5.99. The number of carbonyl (C=O) groups is 1. The summed E-state index contributed by atoms with van der Waals surface area (Å²) in [6.07, 6.45) is 7.82. The molecule has 0 amide bonds. The third-order valence-corrected chi connectivity index (χ3v) is 5.99. The molecule has 3 nitrogen and oxygen atoms in total. The zero-order chi connectivity index (χ0) is 20.0. The number of quaternary nitrogens is 1. The minimum atomic E-state index is -1.12. The van der Waals surface area contributed by atoms with Gasteiger partial charge in [0.1, 0.15) is 11.5 Å². The van der Waals surface area contributed by atoms with Crippen molar-refractivity contribution in [2.45, 2.75) is 18.9 Å². The van der Waals surface area contributed by atoms with Gasteiger partial charge in [0.2, 0.25) is 0 Å². The minimum Gasteiger partial charge on any atom is -0.385 e. The zero-order valence-corrected chi connectivity index (χ0v) is 16.8. The van der Waals surface area contributed by atoms with Crippen molar-refractivity contribution >= 4 is 17.9 Å². The van der Waals surface area contributed by atoms with Crippen LogP contribution in [0.15, 0.2) is 72.8 Å². The summed E-state index contributed by atoms with van der Waals surface area (Å²) in [6.45, 7) is 4.60. The van der Waals surface area contributed by atoms with E-state index in [2.05, 4.69) is 14.0 Å². The maximum Gasteiger partial charge on any atom is 0.167 e. The summed E-state index contributed by atoms with van der Waals surface area (Å²) in [4.78, 5) is 13.1. The molecular weight excluding hydrogens is 346 g/mol. The van der Waals surface area contributed by atoms with E-state index in [4.69, 9.17) is 0 Å². The standard InChI is InChI=1S/C25H30NO2/c1-3-26(2)19-18-25(28,17-16-22-12-8-5-9-13-22)23(20-26)24(27)15-14-21-10-6-4-7-11-21/h4-17,23,28H,3,18-20H2,1-2H3/q+1/b15-14+,17-16-/t23-,25+,26?/m0/s1. The molecule has 1 fully saturated rings. The topological polar surface area (TPSA) is 37.3 Å². The molecule has 3 atom stereocenters. The summed E-state index contributed by atoms with van der Waals surface area (Å²) < 4.78 is 0.803. The van der Waals surface area contributed by atoms with Crippen molar-refractivity contribution in [3.8, 4) is 0 Å². The van der Waals surface area contributed by atoms with Gasteiger partial charge in [-0.25, -0.2) is 0 Å². The predicted octanol–water partition coefficient (Wildman–Crippen LogP) is 4.20. The van der Waals surface area contributed by atoms with Gasteiger partial charge in [0.05, 0.1) is 26.7 Å². The molecule has 1 aliphatic heterocycles. The number of ketones is 1. The summed E-state index contributed by atoms with van der Waals surface area (Å²) >= 11 is 0. The van der Waals surface area contributed by atoms with Crippen molar-refractivity contribution in [2.75, 3.05) is 26.7 Å². The number of hydrogen-bond acceptors (Lipinski definition) is 2. The van der Waals surface area contributed by atoms with Gasteiger partial charge in [-0.1, -0.05) is 78.9 Å². The van der Waals surface area contributed by atoms with Crippen LogP contribution in [0, 0.1) is 5.92 Å². The van der Waals surface area contributed by atoms with Crippen LogP contribution in [0.5, 0.6) is 0 Å². The predicted molar refractivity (Wildman–Crippen MR) is 115 cm³/mol. The van der Waals surface area contributed by atoms with Gasteiger partial charge in [0.25, 0.3) is 0 Å². The van der Waals surface area contributed by atoms with Gasteiger partial charge in [-0.2, -0.15) is 0 Å². The number of benzene rings is 2. The van der Waals surface area contributed by atoms with Gasteiger partial charge in [-0.05, 0) is 24.1 Å². The molecule has 28 heavy (non-hydrogen) atoms. The van der Waals surface area contributed by atoms with Crippen LogP contribution in [0.4, 0.5) is 0 Å². The minimum absolute atomic E-state index is 0.0124. The lowest BCUT2D eigenvalue weighted by atomic mass is 9.76. The van der Waals surface area contributed by atoms with E-state index in [0.29, 0.717) is 13.0 Å². The number of likely N-dealkylation sites (tertiary alicyclic amines) is 1. The second-order valence-corrected chi connectivity index (χ2v) is 8.03. The lowest BCUT2D eigenvalue weighted by Gasteiger charge is -2.46. The molecular formula is C25H30NO2+. The Morgan fingerprint density at radius 2 is 1.64 bits per heavy atom. The number of hydrogen-bond donors (Lipinski definition) is 1. The smallest absolute Gasteiger partial charge is 0.167 e. The van der Waals surface area contributed by atoms with Crippen molar-refractivity contribution in [1.29, 1.82) is 0 Å². The SMILES string of the molecule is CC[N+]1(C)CC[C@](O)(/C=C\c2ccccc2)[C@H](C(=O)/C=C/c2ccccc2)C1. The van der Waals surface area contributed by atoms with Crippen molar-refractivity contribution in [3.63, 3.8) is 0 Å². The fourth-order valence-corrected chi connectivity index (χ4v) is 3.80. The van der Waals surface area contributed by atoms with E-state index in [1.807, 2.05) is 78.9 Å². The van der Waals surface area contributed by atoms with E-state index in [-0.39, 0.29) is 5.78 Å². The summed E-state index contributed by atoms with van der Waals surface area (Å²) in [5, 5.41) is 11.4. The molecule has 1 saturated heterocycles. The monoisotopic (exact) mass is 376 g/mol. The lowest BCUT2D eigenvalue weighted by Crippen LogP contribution is -2.61. The summed E-state index contributed by atoms with van der Waals surface area (Å²) in [5.74, 6) is -0.465. The quantitative estimate of drug-likeness (QED) is 0.606. The number of carbonyl (C=O) groups excluding carboxylic acids is 1. The van der Waals surface area contributed by atoms with Crippen molar-refractivity contribution < 1.29 is 14.4 Å². The largest absolute Gasteiger partial charge is 0.385 e. The summed E-state index contributed by atoms with van der Waals surface area (Å²) in [6, 6.07) is 19.7. The van der Waals surface area contributed by atoms with Gasteiger partial charge in [-0.15, -0.1) is 0 Å². The molecule has 1 N–H and O–H groups in total. The molecule has 2 aromatic carbocycles. The fraction of sp³-hybridized carbons (Fsp3) is 0.320. The molecule has 1 aliphatic rings. The highest BCUT2D eigenvalue weighted by Gasteiger charge is 2.48. The number of allylic oxidation sites excluding steroid dienone is 1. The van der Waals surface area contributed by atoms with Crippen LogP contribution in [0.1, 0.15) is 24.5 Å². The zero-order valence-electron chi connectivity index (χ0n) is 16.8. The van der Waals surface area contributed by atoms with Crippen molar-refractivity contribution in [1.82, 2.24) is 0 Å². The average molecular weight is 377 g/mol. The van der Waals surface area contributed by atoms with E-state index < -0.39 is 11.5 Å². The Morgan fingerprint density at radius 1 is 1.07 bits per heavy atom. The van der Waals surface area contributed by atoms with Gasteiger partial charge in [0.15, 0.2) is 5.78 Å². The molecule has 0 radical (unpaired) electrons. The Morgan fingerprint density at radius 3 is 2.21 bits per heavy atom. The first-order valence-electron chi connectivity index (χ1n) is 10.0. The van der Waals surface area contributed by atoms with Crippen LogP contribution in [0.2, 0.25) is 0 Å². The maximum atomic E-state index is 13.1. The van der Waals surface area contributed by atoms with Crippen LogP contribution in [0.25, 0.3) is 12.2 Å². The maximum absolute atomic E-state index is 13.1. The summed E-state index contributed by atoms with van der Waals surface area (Å²) in [7, 11) is 2.17. The highest BCUT2D eigenvalue weighted by atomic mass is 16.3. The van der Waals surface area contributed by atoms with E-state index >= 15 is 0 Å². The van der Waals surface area contributed by atoms with Gasteiger partial charge >= 0.3 is 0 Å². The Hall–Kier alpha value is -2.49. The van der Waals surface area contributed by atoms with E-state index in [1.165, 1.54) is 0 Å². The van der Waals surface area contributed by atoms with Crippen LogP contribution >= 0.6 is 0 Å². The highest BCUT2D eigenvalue weighted by Crippen LogP contribution is 2.34. The number of nitrogens with zero attached hydrogens (tertiary/aromatic N) is 1. The third kappa shape index (κ3) is 4.86. The first-order chi connectivity index (χ1) is 13.4. The second kappa shape index (κ2) is 8.68. The number of aliphatic hydroxyl groups is 1. The van der Waals surface area contributed by atoms with Gasteiger partial charge < -0.3 is 9.59 Å². The van der Waals surface area contributed by atoms with Crippen molar-refractivity contribution in [2.24, 2.45) is 5.92 Å². The van der Waals surface area contributed by atoms with E-state index in [1.54, 1.807) is 6.08 Å². The Bertz CT molecular complexity index is 843. The number of rotatable bonds is 6. The first kappa shape index (κ1) is 20.2. The van der Waals surface area contributed by atoms with Crippen LogP contribution in [0.3, 0.4) is 0 Å². The normalized spacial score (nSPS) is 28.0. The molecule has 3 rings (SSSR count). The molecule has 1 heterocycles. The molecule has 0 spiro atoms. The molecule has 146 valence electrons. The second-order valence-electron chi connectivity index (χ2n) is 8.03. The first-order valence-corrected chi connectivity index (χ1v) is 10.0. The molecule has 2 aromatic rings. The fourth-order valence-electron chi connectivity index (χ4n) is 3.80. The molecule has 0 saturated carbocycles. The van der Waals surface area contributed by atoms with Crippen LogP contribution in [-0.4, -0.2) is 47.7 Å². The molecule has 0 aromatic heterocycles. The van der Waals surface area contributed by atoms with Crippen molar-refractivity contribution in [3.05, 3.63) is 83.9 Å². The van der Waals surface area contributed by atoms with Crippen LogP contribution in [-0.2, 0) is 4.79 Å². The number of piperidine rings is 1. The molecule has 0 aliphatic carbocycles. The average Bonchev–Trinajstić information content (AvgIpc) is 2.74. The van der Waals surface area contributed by atoms with Crippen LogP contribution < -0.4 is 0 Å². The van der Waals surface area contributed by atoms with Gasteiger partial charge in [-0.3, -0.25) is 4.79 Å². The van der Waals surface area contributed by atoms with E-state index in [9.17, 15) is 9.90 Å². The molecule has 1 unspecified atom stereocenters. The highest BCUT2D eigenvalue weighted by molar-refractivity contribution is 5.96.